The van der Waals surface area contributed by atoms with Crippen molar-refractivity contribution in [3.05, 3.63) is 47.3 Å². The number of hydrogen-bond acceptors (Lipinski definition) is 2. The summed E-state index contributed by atoms with van der Waals surface area (Å²) in [5.41, 5.74) is 2.32. The minimum Gasteiger partial charge on any atom is -0.376 e. The molecule has 0 spiro atoms. The molecule has 136 valence electrons. The Bertz CT molecular complexity index is 594. The second-order valence-corrected chi connectivity index (χ2v) is 6.84. The predicted octanol–water partition coefficient (Wildman–Crippen LogP) is 4.24. The molecule has 4 nitrogen and oxygen atoms in total. The number of hydrogen-bond donors (Lipinski definition) is 2. The SMILES string of the molecule is O=C(NCCC1=CCCCC1)NC(c1ccc(F)cc1)C1CCCO1. The Labute approximate surface area is 148 Å². The summed E-state index contributed by atoms with van der Waals surface area (Å²) in [4.78, 5) is 12.3. The number of nitrogens with one attached hydrogen (secondary N) is 2. The van der Waals surface area contributed by atoms with Crippen molar-refractivity contribution in [2.75, 3.05) is 13.2 Å². The summed E-state index contributed by atoms with van der Waals surface area (Å²) in [6, 6.07) is 5.83. The molecule has 5 heteroatoms. The van der Waals surface area contributed by atoms with Gasteiger partial charge in [-0.1, -0.05) is 23.8 Å². The van der Waals surface area contributed by atoms with Gasteiger partial charge in [0, 0.05) is 13.2 Å². The van der Waals surface area contributed by atoms with Crippen molar-refractivity contribution in [1.82, 2.24) is 10.6 Å². The number of allylic oxidation sites excluding steroid dienone is 1. The van der Waals surface area contributed by atoms with E-state index in [1.165, 1.54) is 30.5 Å². The van der Waals surface area contributed by atoms with E-state index in [9.17, 15) is 9.18 Å². The number of halogens is 1. The lowest BCUT2D eigenvalue weighted by atomic mass is 9.97. The lowest BCUT2D eigenvalue weighted by molar-refractivity contribution is 0.0807. The van der Waals surface area contributed by atoms with Crippen LogP contribution < -0.4 is 10.6 Å². The summed E-state index contributed by atoms with van der Waals surface area (Å²) in [6.07, 6.45) is 9.88. The number of amides is 2. The van der Waals surface area contributed by atoms with Gasteiger partial charge >= 0.3 is 6.03 Å². The first-order chi connectivity index (χ1) is 12.2. The van der Waals surface area contributed by atoms with Crippen molar-refractivity contribution >= 4 is 6.03 Å². The van der Waals surface area contributed by atoms with Crippen molar-refractivity contribution in [3.8, 4) is 0 Å². The molecule has 2 N–H and O–H groups in total. The van der Waals surface area contributed by atoms with Gasteiger partial charge in [-0.2, -0.15) is 0 Å². The lowest BCUT2D eigenvalue weighted by Gasteiger charge is -2.25. The van der Waals surface area contributed by atoms with Gasteiger partial charge < -0.3 is 15.4 Å². The summed E-state index contributed by atoms with van der Waals surface area (Å²) < 4.78 is 19.0. The van der Waals surface area contributed by atoms with Crippen LogP contribution in [0.4, 0.5) is 9.18 Å². The van der Waals surface area contributed by atoms with E-state index in [-0.39, 0.29) is 24.0 Å². The van der Waals surface area contributed by atoms with Gasteiger partial charge in [-0.25, -0.2) is 9.18 Å². The van der Waals surface area contributed by atoms with Gasteiger partial charge in [-0.05, 0) is 62.6 Å². The minimum atomic E-state index is -0.278. The summed E-state index contributed by atoms with van der Waals surface area (Å²) in [6.45, 7) is 1.35. The molecule has 1 aliphatic carbocycles. The van der Waals surface area contributed by atoms with Crippen LogP contribution in [-0.4, -0.2) is 25.3 Å². The normalized spacial score (nSPS) is 21.5. The van der Waals surface area contributed by atoms with E-state index >= 15 is 0 Å². The average molecular weight is 346 g/mol. The van der Waals surface area contributed by atoms with Crippen LogP contribution >= 0.6 is 0 Å². The molecule has 1 aliphatic heterocycles. The molecule has 0 radical (unpaired) electrons. The van der Waals surface area contributed by atoms with Crippen LogP contribution in [-0.2, 0) is 4.74 Å². The fraction of sp³-hybridized carbons (Fsp3) is 0.550. The van der Waals surface area contributed by atoms with Crippen LogP contribution in [0.15, 0.2) is 35.9 Å². The Morgan fingerprint density at radius 1 is 1.24 bits per heavy atom. The molecule has 0 bridgehead atoms. The monoisotopic (exact) mass is 346 g/mol. The predicted molar refractivity (Wildman–Crippen MR) is 95.8 cm³/mol. The van der Waals surface area contributed by atoms with Crippen LogP contribution in [0.3, 0.4) is 0 Å². The molecule has 2 atom stereocenters. The Morgan fingerprint density at radius 3 is 2.76 bits per heavy atom. The number of rotatable bonds is 6. The van der Waals surface area contributed by atoms with Crippen LogP contribution in [0.2, 0.25) is 0 Å². The van der Waals surface area contributed by atoms with Gasteiger partial charge in [0.25, 0.3) is 0 Å². The van der Waals surface area contributed by atoms with Crippen molar-refractivity contribution in [1.29, 1.82) is 0 Å². The Kier molecular flexibility index (Phi) is 6.45. The zero-order valence-corrected chi connectivity index (χ0v) is 14.6. The number of carbonyl (C=O) groups excluding carboxylic acids is 1. The maximum Gasteiger partial charge on any atom is 0.315 e. The molecule has 2 amide bonds. The minimum absolute atomic E-state index is 0.0581. The topological polar surface area (TPSA) is 50.4 Å². The first-order valence-electron chi connectivity index (χ1n) is 9.32. The van der Waals surface area contributed by atoms with Crippen LogP contribution in [0.5, 0.6) is 0 Å². The van der Waals surface area contributed by atoms with Gasteiger partial charge in [-0.3, -0.25) is 0 Å². The van der Waals surface area contributed by atoms with E-state index < -0.39 is 0 Å². The van der Waals surface area contributed by atoms with Crippen LogP contribution in [0.25, 0.3) is 0 Å². The van der Waals surface area contributed by atoms with E-state index in [2.05, 4.69) is 16.7 Å². The molecule has 1 saturated heterocycles. The van der Waals surface area contributed by atoms with E-state index in [1.54, 1.807) is 12.1 Å². The van der Waals surface area contributed by atoms with E-state index in [0.29, 0.717) is 13.2 Å². The first kappa shape index (κ1) is 17.9. The number of urea groups is 1. The molecule has 0 aromatic heterocycles. The number of benzene rings is 1. The van der Waals surface area contributed by atoms with Gasteiger partial charge in [0.05, 0.1) is 12.1 Å². The molecule has 0 saturated carbocycles. The quantitative estimate of drug-likeness (QED) is 0.757. The second kappa shape index (κ2) is 8.99. The largest absolute Gasteiger partial charge is 0.376 e. The molecule has 1 fully saturated rings. The number of carbonyl (C=O) groups is 1. The highest BCUT2D eigenvalue weighted by molar-refractivity contribution is 5.74. The zero-order valence-electron chi connectivity index (χ0n) is 14.6. The molecule has 2 unspecified atom stereocenters. The third-order valence-electron chi connectivity index (χ3n) is 4.97. The molecule has 1 aromatic rings. The molecule has 1 aromatic carbocycles. The lowest BCUT2D eigenvalue weighted by Crippen LogP contribution is -2.42. The number of ether oxygens (including phenoxy) is 1. The van der Waals surface area contributed by atoms with Gasteiger partial charge in [0.2, 0.25) is 0 Å². The third-order valence-corrected chi connectivity index (χ3v) is 4.97. The molecular weight excluding hydrogens is 319 g/mol. The smallest absolute Gasteiger partial charge is 0.315 e. The van der Waals surface area contributed by atoms with E-state index in [1.807, 2.05) is 0 Å². The molecule has 25 heavy (non-hydrogen) atoms. The van der Waals surface area contributed by atoms with Crippen molar-refractivity contribution in [2.24, 2.45) is 0 Å². The standard InChI is InChI=1S/C20H27FN2O2/c21-17-10-8-16(9-11-17)19(18-7-4-14-25-18)23-20(24)22-13-12-15-5-2-1-3-6-15/h5,8-11,18-19H,1-4,6-7,12-14H2,(H2,22,23,24). The summed E-state index contributed by atoms with van der Waals surface area (Å²) in [5, 5.41) is 5.96. The highest BCUT2D eigenvalue weighted by Gasteiger charge is 2.28. The van der Waals surface area contributed by atoms with Gasteiger partial charge in [0.1, 0.15) is 5.82 Å². The molecule has 1 heterocycles. The summed E-state index contributed by atoms with van der Waals surface area (Å²) in [5.74, 6) is -0.278. The molecular formula is C20H27FN2O2. The van der Waals surface area contributed by atoms with Crippen LogP contribution in [0, 0.1) is 5.82 Å². The Hall–Kier alpha value is -1.88. The van der Waals surface area contributed by atoms with Crippen molar-refractivity contribution in [2.45, 2.75) is 57.1 Å². The fourth-order valence-electron chi connectivity index (χ4n) is 3.59. The highest BCUT2D eigenvalue weighted by Crippen LogP contribution is 2.27. The Morgan fingerprint density at radius 2 is 2.08 bits per heavy atom. The van der Waals surface area contributed by atoms with E-state index in [4.69, 9.17) is 4.74 Å². The summed E-state index contributed by atoms with van der Waals surface area (Å²) in [7, 11) is 0. The van der Waals surface area contributed by atoms with Crippen molar-refractivity contribution in [3.63, 3.8) is 0 Å². The van der Waals surface area contributed by atoms with Gasteiger partial charge in [-0.15, -0.1) is 0 Å². The van der Waals surface area contributed by atoms with Gasteiger partial charge in [0.15, 0.2) is 0 Å². The zero-order chi connectivity index (χ0) is 17.5. The van der Waals surface area contributed by atoms with Crippen molar-refractivity contribution < 1.29 is 13.9 Å². The highest BCUT2D eigenvalue weighted by atomic mass is 19.1. The van der Waals surface area contributed by atoms with E-state index in [0.717, 1.165) is 37.7 Å². The van der Waals surface area contributed by atoms with Crippen LogP contribution in [0.1, 0.15) is 56.6 Å². The maximum absolute atomic E-state index is 13.2. The first-order valence-corrected chi connectivity index (χ1v) is 9.32. The summed E-state index contributed by atoms with van der Waals surface area (Å²) >= 11 is 0. The second-order valence-electron chi connectivity index (χ2n) is 6.84. The fourth-order valence-corrected chi connectivity index (χ4v) is 3.59. The average Bonchev–Trinajstić information content (AvgIpc) is 3.16. The molecule has 3 rings (SSSR count). The Balaban J connectivity index is 1.54. The third kappa shape index (κ3) is 5.30. The molecule has 2 aliphatic rings. The maximum atomic E-state index is 13.2.